The summed E-state index contributed by atoms with van der Waals surface area (Å²) in [5.74, 6) is 0. The van der Waals surface area contributed by atoms with Crippen LogP contribution in [0.4, 0.5) is 0 Å². The highest BCUT2D eigenvalue weighted by atomic mass is 16.1. The van der Waals surface area contributed by atoms with E-state index in [2.05, 4.69) is 26.0 Å². The van der Waals surface area contributed by atoms with Gasteiger partial charge in [0.2, 0.25) is 0 Å². The van der Waals surface area contributed by atoms with Gasteiger partial charge in [-0.2, -0.15) is 0 Å². The lowest BCUT2D eigenvalue weighted by Gasteiger charge is -2.07. The van der Waals surface area contributed by atoms with Crippen LogP contribution >= 0.6 is 0 Å². The van der Waals surface area contributed by atoms with E-state index in [4.69, 9.17) is 0 Å². The molecule has 0 unspecified atom stereocenters. The molecule has 0 bridgehead atoms. The van der Waals surface area contributed by atoms with E-state index in [1.165, 1.54) is 11.1 Å². The molecule has 0 fully saturated rings. The summed E-state index contributed by atoms with van der Waals surface area (Å²) in [5.41, 5.74) is 3.52. The maximum absolute atomic E-state index is 11.4. The molecule has 72 valence electrons. The topological polar surface area (TPSA) is 22.0 Å². The van der Waals surface area contributed by atoms with Crippen LogP contribution in [0.5, 0.6) is 0 Å². The number of rotatable bonds is 0. The third-order valence-electron chi connectivity index (χ3n) is 2.74. The fourth-order valence-electron chi connectivity index (χ4n) is 1.64. The van der Waals surface area contributed by atoms with Crippen molar-refractivity contribution >= 4 is 10.9 Å². The first kappa shape index (κ1) is 9.00. The fourth-order valence-corrected chi connectivity index (χ4v) is 1.64. The van der Waals surface area contributed by atoms with Gasteiger partial charge in [0.25, 0.3) is 5.56 Å². The van der Waals surface area contributed by atoms with E-state index in [1.54, 1.807) is 17.7 Å². The molecule has 0 aliphatic carbocycles. The zero-order valence-electron chi connectivity index (χ0n) is 8.66. The Bertz CT molecular complexity index is 552. The SMILES string of the molecule is Cc1cc2ccc(=O)n(C)c2cc1C. The Kier molecular flexibility index (Phi) is 1.92. The second-order valence-electron chi connectivity index (χ2n) is 3.73. The smallest absolute Gasteiger partial charge is 0.250 e. The van der Waals surface area contributed by atoms with Gasteiger partial charge in [0, 0.05) is 13.1 Å². The van der Waals surface area contributed by atoms with Crippen molar-refractivity contribution in [3.63, 3.8) is 0 Å². The van der Waals surface area contributed by atoms with Crippen molar-refractivity contribution < 1.29 is 0 Å². The highest BCUT2D eigenvalue weighted by Crippen LogP contribution is 2.16. The number of fused-ring (bicyclic) bond motifs is 1. The number of nitrogens with zero attached hydrogens (tertiary/aromatic N) is 1. The molecule has 2 rings (SSSR count). The highest BCUT2D eigenvalue weighted by Gasteiger charge is 2.01. The Labute approximate surface area is 82.8 Å². The quantitative estimate of drug-likeness (QED) is 0.619. The monoisotopic (exact) mass is 187 g/mol. The molecule has 1 aromatic heterocycles. The number of aromatic nitrogens is 1. The average Bonchev–Trinajstić information content (AvgIpc) is 2.15. The lowest BCUT2D eigenvalue weighted by Crippen LogP contribution is -2.15. The summed E-state index contributed by atoms with van der Waals surface area (Å²) in [7, 11) is 1.80. The highest BCUT2D eigenvalue weighted by molar-refractivity contribution is 5.80. The average molecular weight is 187 g/mol. The molecule has 2 heteroatoms. The standard InChI is InChI=1S/C12H13NO/c1-8-6-10-4-5-12(14)13(3)11(10)7-9(8)2/h4-7H,1-3H3. The van der Waals surface area contributed by atoms with Crippen molar-refractivity contribution in [2.75, 3.05) is 0 Å². The molecule has 2 nitrogen and oxygen atoms in total. The van der Waals surface area contributed by atoms with Gasteiger partial charge in [-0.15, -0.1) is 0 Å². The minimum atomic E-state index is 0.0424. The molecule has 0 aliphatic rings. The van der Waals surface area contributed by atoms with Crippen LogP contribution in [0.25, 0.3) is 10.9 Å². The molecule has 0 N–H and O–H groups in total. The fraction of sp³-hybridized carbons (Fsp3) is 0.250. The van der Waals surface area contributed by atoms with Crippen LogP contribution in [0, 0.1) is 13.8 Å². The van der Waals surface area contributed by atoms with Gasteiger partial charge in [0.15, 0.2) is 0 Å². The zero-order chi connectivity index (χ0) is 10.3. The summed E-state index contributed by atoms with van der Waals surface area (Å²) in [6.07, 6.45) is 0. The molecule has 1 aromatic carbocycles. The van der Waals surface area contributed by atoms with E-state index in [0.717, 1.165) is 10.9 Å². The largest absolute Gasteiger partial charge is 0.311 e. The van der Waals surface area contributed by atoms with Crippen LogP contribution in [0.15, 0.2) is 29.1 Å². The van der Waals surface area contributed by atoms with E-state index >= 15 is 0 Å². The number of aryl methyl sites for hydroxylation is 3. The van der Waals surface area contributed by atoms with Crippen molar-refractivity contribution in [1.82, 2.24) is 4.57 Å². The lowest BCUT2D eigenvalue weighted by atomic mass is 10.1. The second-order valence-corrected chi connectivity index (χ2v) is 3.73. The van der Waals surface area contributed by atoms with Gasteiger partial charge in [0.05, 0.1) is 5.52 Å². The van der Waals surface area contributed by atoms with Crippen LogP contribution in [0.2, 0.25) is 0 Å². The predicted octanol–water partition coefficient (Wildman–Crippen LogP) is 2.16. The van der Waals surface area contributed by atoms with Crippen LogP contribution in [0.1, 0.15) is 11.1 Å². The molecule has 0 saturated carbocycles. The summed E-state index contributed by atoms with van der Waals surface area (Å²) in [6.45, 7) is 4.14. The Morgan fingerprint density at radius 2 is 1.71 bits per heavy atom. The lowest BCUT2D eigenvalue weighted by molar-refractivity contribution is 0.905. The molecule has 0 saturated heterocycles. The zero-order valence-corrected chi connectivity index (χ0v) is 8.66. The van der Waals surface area contributed by atoms with Crippen molar-refractivity contribution in [3.8, 4) is 0 Å². The minimum absolute atomic E-state index is 0.0424. The van der Waals surface area contributed by atoms with Gasteiger partial charge in [0.1, 0.15) is 0 Å². The summed E-state index contributed by atoms with van der Waals surface area (Å²) >= 11 is 0. The maximum Gasteiger partial charge on any atom is 0.250 e. The molecule has 0 amide bonds. The number of pyridine rings is 1. The van der Waals surface area contributed by atoms with E-state index in [-0.39, 0.29) is 5.56 Å². The molecule has 1 heterocycles. The number of benzene rings is 1. The molecule has 0 spiro atoms. The van der Waals surface area contributed by atoms with E-state index in [1.807, 2.05) is 6.07 Å². The van der Waals surface area contributed by atoms with Gasteiger partial charge >= 0.3 is 0 Å². The van der Waals surface area contributed by atoms with Crippen LogP contribution in [0.3, 0.4) is 0 Å². The number of hydrogen-bond acceptors (Lipinski definition) is 1. The van der Waals surface area contributed by atoms with Gasteiger partial charge in [-0.3, -0.25) is 4.79 Å². The van der Waals surface area contributed by atoms with E-state index < -0.39 is 0 Å². The molecule has 0 radical (unpaired) electrons. The van der Waals surface area contributed by atoms with Crippen molar-refractivity contribution in [3.05, 3.63) is 45.7 Å². The molecule has 0 atom stereocenters. The minimum Gasteiger partial charge on any atom is -0.311 e. The normalized spacial score (nSPS) is 10.8. The first-order valence-corrected chi connectivity index (χ1v) is 4.66. The van der Waals surface area contributed by atoms with Gasteiger partial charge in [-0.05, 0) is 48.6 Å². The molecular formula is C12H13NO. The Morgan fingerprint density at radius 3 is 2.43 bits per heavy atom. The van der Waals surface area contributed by atoms with Gasteiger partial charge in [-0.1, -0.05) is 0 Å². The summed E-state index contributed by atoms with van der Waals surface area (Å²) in [5, 5.41) is 1.12. The molecular weight excluding hydrogens is 174 g/mol. The van der Waals surface area contributed by atoms with Crippen LogP contribution in [-0.2, 0) is 7.05 Å². The summed E-state index contributed by atoms with van der Waals surface area (Å²) in [6, 6.07) is 7.66. The maximum atomic E-state index is 11.4. The first-order chi connectivity index (χ1) is 6.59. The van der Waals surface area contributed by atoms with Crippen molar-refractivity contribution in [2.24, 2.45) is 7.05 Å². The molecule has 2 aromatic rings. The Hall–Kier alpha value is -1.57. The third kappa shape index (κ3) is 1.23. The first-order valence-electron chi connectivity index (χ1n) is 4.66. The molecule has 14 heavy (non-hydrogen) atoms. The van der Waals surface area contributed by atoms with Crippen LogP contribution in [-0.4, -0.2) is 4.57 Å². The Balaban J connectivity index is 2.97. The summed E-state index contributed by atoms with van der Waals surface area (Å²) in [4.78, 5) is 11.4. The second kappa shape index (κ2) is 2.98. The van der Waals surface area contributed by atoms with Crippen molar-refractivity contribution in [1.29, 1.82) is 0 Å². The summed E-state index contributed by atoms with van der Waals surface area (Å²) < 4.78 is 1.68. The van der Waals surface area contributed by atoms with E-state index in [0.29, 0.717) is 0 Å². The van der Waals surface area contributed by atoms with Gasteiger partial charge in [-0.25, -0.2) is 0 Å². The molecule has 0 aliphatic heterocycles. The predicted molar refractivity (Wildman–Crippen MR) is 58.7 cm³/mol. The van der Waals surface area contributed by atoms with Gasteiger partial charge < -0.3 is 4.57 Å². The Morgan fingerprint density at radius 1 is 1.07 bits per heavy atom. The van der Waals surface area contributed by atoms with Crippen molar-refractivity contribution in [2.45, 2.75) is 13.8 Å². The van der Waals surface area contributed by atoms with E-state index in [9.17, 15) is 4.79 Å². The van der Waals surface area contributed by atoms with Crippen LogP contribution < -0.4 is 5.56 Å². The number of hydrogen-bond donors (Lipinski definition) is 0. The third-order valence-corrected chi connectivity index (χ3v) is 2.74.